The molecule has 6 heteroatoms. The van der Waals surface area contributed by atoms with Crippen LogP contribution in [0.2, 0.25) is 5.02 Å². The minimum Gasteiger partial charge on any atom is -0.322 e. The third-order valence-electron chi connectivity index (χ3n) is 5.36. The first-order valence-corrected chi connectivity index (χ1v) is 10.5. The van der Waals surface area contributed by atoms with E-state index in [1.54, 1.807) is 36.4 Å². The lowest BCUT2D eigenvalue weighted by Gasteiger charge is -2.07. The zero-order valence-electron chi connectivity index (χ0n) is 17.0. The fraction of sp³-hybridized carbons (Fsp3) is 0.160. The number of amides is 2. The molecule has 0 aliphatic heterocycles. The Balaban J connectivity index is 1.32. The zero-order chi connectivity index (χ0) is 21.8. The van der Waals surface area contributed by atoms with Crippen molar-refractivity contribution in [2.75, 3.05) is 5.32 Å². The molecule has 0 saturated heterocycles. The number of hydrazone groups is 1. The van der Waals surface area contributed by atoms with Gasteiger partial charge in [-0.15, -0.1) is 0 Å². The largest absolute Gasteiger partial charge is 0.322 e. The van der Waals surface area contributed by atoms with Crippen molar-refractivity contribution < 1.29 is 9.59 Å². The molecule has 1 saturated carbocycles. The summed E-state index contributed by atoms with van der Waals surface area (Å²) in [6, 6.07) is 24.1. The highest BCUT2D eigenvalue weighted by Gasteiger charge is 2.43. The third kappa shape index (κ3) is 5.19. The van der Waals surface area contributed by atoms with Crippen LogP contribution in [0.25, 0.3) is 0 Å². The molecule has 3 aromatic rings. The van der Waals surface area contributed by atoms with Crippen LogP contribution >= 0.6 is 11.6 Å². The first kappa shape index (κ1) is 20.8. The van der Waals surface area contributed by atoms with Crippen LogP contribution in [0, 0.1) is 5.92 Å². The van der Waals surface area contributed by atoms with Crippen molar-refractivity contribution in [1.29, 1.82) is 0 Å². The smallest absolute Gasteiger partial charge is 0.255 e. The molecule has 1 aliphatic rings. The van der Waals surface area contributed by atoms with E-state index in [1.807, 2.05) is 37.3 Å². The first-order valence-electron chi connectivity index (χ1n) is 10.1. The van der Waals surface area contributed by atoms with Gasteiger partial charge in [0.15, 0.2) is 0 Å². The number of hydrogen-bond donors (Lipinski definition) is 2. The van der Waals surface area contributed by atoms with E-state index in [9.17, 15) is 9.59 Å². The number of carbonyl (C=O) groups is 2. The molecule has 0 bridgehead atoms. The minimum absolute atomic E-state index is 0.0237. The summed E-state index contributed by atoms with van der Waals surface area (Å²) in [5.74, 6) is -0.0100. The topological polar surface area (TPSA) is 70.6 Å². The van der Waals surface area contributed by atoms with Gasteiger partial charge in [-0.05, 0) is 66.8 Å². The highest BCUT2D eigenvalue weighted by molar-refractivity contribution is 6.30. The number of hydrogen-bond acceptors (Lipinski definition) is 3. The zero-order valence-corrected chi connectivity index (χ0v) is 17.8. The van der Waals surface area contributed by atoms with E-state index in [1.165, 1.54) is 5.56 Å². The molecular formula is C25H22ClN3O2. The predicted molar refractivity (Wildman–Crippen MR) is 123 cm³/mol. The van der Waals surface area contributed by atoms with Crippen LogP contribution in [-0.4, -0.2) is 17.5 Å². The Morgan fingerprint density at radius 1 is 0.903 bits per heavy atom. The first-order chi connectivity index (χ1) is 15.0. The van der Waals surface area contributed by atoms with Crippen LogP contribution in [0.3, 0.4) is 0 Å². The van der Waals surface area contributed by atoms with E-state index < -0.39 is 0 Å². The van der Waals surface area contributed by atoms with Gasteiger partial charge in [0.1, 0.15) is 0 Å². The van der Waals surface area contributed by atoms with Crippen LogP contribution in [0.1, 0.15) is 40.7 Å². The highest BCUT2D eigenvalue weighted by atomic mass is 35.5. The van der Waals surface area contributed by atoms with Gasteiger partial charge < -0.3 is 5.32 Å². The summed E-state index contributed by atoms with van der Waals surface area (Å²) in [4.78, 5) is 24.7. The van der Waals surface area contributed by atoms with Crippen molar-refractivity contribution >= 4 is 34.8 Å². The maximum absolute atomic E-state index is 12.4. The number of halogens is 1. The van der Waals surface area contributed by atoms with Gasteiger partial charge in [0.2, 0.25) is 5.91 Å². The van der Waals surface area contributed by atoms with E-state index in [4.69, 9.17) is 11.6 Å². The average molecular weight is 432 g/mol. The molecule has 0 unspecified atom stereocenters. The van der Waals surface area contributed by atoms with Gasteiger partial charge in [0.25, 0.3) is 5.91 Å². The average Bonchev–Trinajstić information content (AvgIpc) is 3.60. The predicted octanol–water partition coefficient (Wildman–Crippen LogP) is 5.24. The molecule has 4 rings (SSSR count). The molecule has 0 heterocycles. The summed E-state index contributed by atoms with van der Waals surface area (Å²) in [6.45, 7) is 1.84. The number of nitrogens with zero attached hydrogens (tertiary/aromatic N) is 1. The molecule has 0 aromatic heterocycles. The van der Waals surface area contributed by atoms with Gasteiger partial charge in [-0.3, -0.25) is 9.59 Å². The minimum atomic E-state index is -0.209. The van der Waals surface area contributed by atoms with E-state index in [2.05, 4.69) is 28.0 Å². The van der Waals surface area contributed by atoms with E-state index in [-0.39, 0.29) is 23.7 Å². The number of carbonyl (C=O) groups excluding carboxylic acids is 2. The Hall–Kier alpha value is -3.44. The van der Waals surface area contributed by atoms with Crippen LogP contribution in [0.15, 0.2) is 84.0 Å². The SMILES string of the molecule is C/C(=N/NC(=O)[C@@H]1C[C@H]1c1ccccc1)c1ccc(NC(=O)c2ccc(Cl)cc2)cc1. The molecule has 0 radical (unpaired) electrons. The molecule has 1 fully saturated rings. The molecule has 31 heavy (non-hydrogen) atoms. The fourth-order valence-electron chi connectivity index (χ4n) is 3.44. The van der Waals surface area contributed by atoms with Gasteiger partial charge in [-0.25, -0.2) is 5.43 Å². The van der Waals surface area contributed by atoms with Crippen molar-refractivity contribution in [2.45, 2.75) is 19.3 Å². The normalized spacial score (nSPS) is 17.7. The van der Waals surface area contributed by atoms with Crippen LogP contribution in [-0.2, 0) is 4.79 Å². The number of benzene rings is 3. The number of anilines is 1. The molecule has 1 aliphatic carbocycles. The van der Waals surface area contributed by atoms with Crippen LogP contribution < -0.4 is 10.7 Å². The molecule has 2 amide bonds. The van der Waals surface area contributed by atoms with Crippen molar-refractivity contribution in [3.63, 3.8) is 0 Å². The van der Waals surface area contributed by atoms with Crippen molar-refractivity contribution in [3.8, 4) is 0 Å². The third-order valence-corrected chi connectivity index (χ3v) is 5.61. The molecular weight excluding hydrogens is 410 g/mol. The van der Waals surface area contributed by atoms with Gasteiger partial charge in [-0.1, -0.05) is 54.1 Å². The molecule has 2 N–H and O–H groups in total. The number of rotatable bonds is 6. The molecule has 0 spiro atoms. The molecule has 3 aromatic carbocycles. The molecule has 2 atom stereocenters. The molecule has 156 valence electrons. The van der Waals surface area contributed by atoms with E-state index in [0.717, 1.165) is 12.0 Å². The summed E-state index contributed by atoms with van der Waals surface area (Å²) in [5, 5.41) is 7.68. The van der Waals surface area contributed by atoms with Crippen molar-refractivity contribution in [3.05, 3.63) is 101 Å². The van der Waals surface area contributed by atoms with Gasteiger partial charge >= 0.3 is 0 Å². The Kier molecular flexibility index (Phi) is 6.14. The summed E-state index contributed by atoms with van der Waals surface area (Å²) in [6.07, 6.45) is 0.854. The lowest BCUT2D eigenvalue weighted by molar-refractivity contribution is -0.122. The quantitative estimate of drug-likeness (QED) is 0.414. The summed E-state index contributed by atoms with van der Waals surface area (Å²) in [7, 11) is 0. The van der Waals surface area contributed by atoms with Gasteiger partial charge in [-0.2, -0.15) is 5.10 Å². The second-order valence-corrected chi connectivity index (χ2v) is 8.01. The second-order valence-electron chi connectivity index (χ2n) is 7.57. The standard InChI is InChI=1S/C25H22ClN3O2/c1-16(28-29-25(31)23-15-22(23)18-5-3-2-4-6-18)17-9-13-21(14-10-17)27-24(30)19-7-11-20(26)12-8-19/h2-14,22-23H,15H2,1H3,(H,27,30)(H,29,31)/b28-16-/t22-,23+/m0/s1. The summed E-state index contributed by atoms with van der Waals surface area (Å²) in [5.41, 5.74) is 6.64. The van der Waals surface area contributed by atoms with Crippen molar-refractivity contribution in [2.24, 2.45) is 11.0 Å². The molecule has 5 nitrogen and oxygen atoms in total. The number of nitrogens with one attached hydrogen (secondary N) is 2. The Bertz CT molecular complexity index is 1110. The lowest BCUT2D eigenvalue weighted by Crippen LogP contribution is -2.21. The van der Waals surface area contributed by atoms with Crippen LogP contribution in [0.5, 0.6) is 0 Å². The summed E-state index contributed by atoms with van der Waals surface area (Å²) >= 11 is 5.86. The van der Waals surface area contributed by atoms with E-state index >= 15 is 0 Å². The highest BCUT2D eigenvalue weighted by Crippen LogP contribution is 2.47. The Morgan fingerprint density at radius 2 is 1.55 bits per heavy atom. The van der Waals surface area contributed by atoms with Gasteiger partial charge in [0, 0.05) is 22.2 Å². The monoisotopic (exact) mass is 431 g/mol. The summed E-state index contributed by atoms with van der Waals surface area (Å²) < 4.78 is 0. The van der Waals surface area contributed by atoms with Crippen molar-refractivity contribution in [1.82, 2.24) is 5.43 Å². The van der Waals surface area contributed by atoms with Crippen LogP contribution in [0.4, 0.5) is 5.69 Å². The Labute approximate surface area is 186 Å². The maximum Gasteiger partial charge on any atom is 0.255 e. The fourth-order valence-corrected chi connectivity index (χ4v) is 3.57. The maximum atomic E-state index is 12.4. The second kappa shape index (κ2) is 9.14. The van der Waals surface area contributed by atoms with Gasteiger partial charge in [0.05, 0.1) is 5.71 Å². The lowest BCUT2D eigenvalue weighted by atomic mass is 10.1. The van der Waals surface area contributed by atoms with E-state index in [0.29, 0.717) is 22.0 Å². The Morgan fingerprint density at radius 3 is 2.23 bits per heavy atom.